The van der Waals surface area contributed by atoms with Crippen molar-refractivity contribution in [1.29, 1.82) is 0 Å². The second-order valence-electron chi connectivity index (χ2n) is 8.71. The fraction of sp³-hybridized carbons (Fsp3) is 0.385. The van der Waals surface area contributed by atoms with Crippen LogP contribution in [0, 0.1) is 5.92 Å². The van der Waals surface area contributed by atoms with Crippen molar-refractivity contribution in [2.75, 3.05) is 20.2 Å². The molecule has 0 saturated heterocycles. The quantitative estimate of drug-likeness (QED) is 0.407. The molecule has 1 amide bonds. The highest BCUT2D eigenvalue weighted by atomic mass is 32.2. The van der Waals surface area contributed by atoms with Crippen LogP contribution in [0.4, 0.5) is 0 Å². The van der Waals surface area contributed by atoms with Crippen LogP contribution in [0.25, 0.3) is 0 Å². The molecule has 190 valence electrons. The highest BCUT2D eigenvalue weighted by molar-refractivity contribution is 7.89. The largest absolute Gasteiger partial charge is 0.497 e. The number of rotatable bonds is 13. The van der Waals surface area contributed by atoms with E-state index in [1.807, 2.05) is 44.2 Å². The number of hydrogen-bond donors (Lipinski definition) is 2. The maximum Gasteiger partial charge on any atom is 0.244 e. The van der Waals surface area contributed by atoms with E-state index in [4.69, 9.17) is 4.74 Å². The predicted octanol–water partition coefficient (Wildman–Crippen LogP) is 2.58. The summed E-state index contributed by atoms with van der Waals surface area (Å²) in [4.78, 5) is 23.7. The number of benzene rings is 2. The van der Waals surface area contributed by atoms with Gasteiger partial charge in [0, 0.05) is 19.2 Å². The first kappa shape index (κ1) is 28.2. The van der Waals surface area contributed by atoms with Crippen LogP contribution < -0.4 is 10.1 Å². The number of aliphatic hydroxyl groups is 1. The van der Waals surface area contributed by atoms with Gasteiger partial charge in [-0.05, 0) is 55.2 Å². The van der Waals surface area contributed by atoms with Crippen LogP contribution in [0.3, 0.4) is 0 Å². The molecule has 0 aliphatic heterocycles. The second-order valence-corrected chi connectivity index (χ2v) is 10.6. The van der Waals surface area contributed by atoms with Crippen LogP contribution in [0.2, 0.25) is 0 Å². The van der Waals surface area contributed by atoms with Crippen molar-refractivity contribution in [2.45, 2.75) is 44.2 Å². The number of carbonyl (C=O) groups is 2. The summed E-state index contributed by atoms with van der Waals surface area (Å²) in [6.45, 7) is 5.06. The lowest BCUT2D eigenvalue weighted by molar-refractivity contribution is -0.118. The van der Waals surface area contributed by atoms with Gasteiger partial charge in [-0.2, -0.15) is 4.31 Å². The van der Waals surface area contributed by atoms with E-state index in [1.54, 1.807) is 12.1 Å². The van der Waals surface area contributed by atoms with Crippen LogP contribution in [0.1, 0.15) is 26.3 Å². The lowest BCUT2D eigenvalue weighted by atomic mass is 10.0. The van der Waals surface area contributed by atoms with Gasteiger partial charge >= 0.3 is 0 Å². The van der Waals surface area contributed by atoms with Crippen LogP contribution >= 0.6 is 0 Å². The van der Waals surface area contributed by atoms with Gasteiger partial charge in [-0.3, -0.25) is 9.59 Å². The highest BCUT2D eigenvalue weighted by Gasteiger charge is 2.31. The third-order valence-electron chi connectivity index (χ3n) is 5.22. The number of allylic oxidation sites excluding steroid dienone is 1. The maximum absolute atomic E-state index is 13.4. The first-order valence-electron chi connectivity index (χ1n) is 11.4. The van der Waals surface area contributed by atoms with Crippen molar-refractivity contribution >= 4 is 21.7 Å². The Labute approximate surface area is 207 Å². The molecule has 0 spiro atoms. The summed E-state index contributed by atoms with van der Waals surface area (Å²) in [6.07, 6.45) is 1.31. The monoisotopic (exact) mass is 502 g/mol. The van der Waals surface area contributed by atoms with Gasteiger partial charge in [0.1, 0.15) is 5.75 Å². The van der Waals surface area contributed by atoms with E-state index in [0.29, 0.717) is 5.75 Å². The lowest BCUT2D eigenvalue weighted by Crippen LogP contribution is -2.50. The number of aliphatic hydroxyl groups excluding tert-OH is 1. The molecule has 0 saturated carbocycles. The number of ether oxygens (including phenoxy) is 1. The molecule has 0 unspecified atom stereocenters. The van der Waals surface area contributed by atoms with Gasteiger partial charge in [-0.1, -0.05) is 44.2 Å². The Morgan fingerprint density at radius 2 is 1.66 bits per heavy atom. The molecule has 8 nitrogen and oxygen atoms in total. The Balaban J connectivity index is 2.31. The van der Waals surface area contributed by atoms with Crippen molar-refractivity contribution in [2.24, 2.45) is 5.92 Å². The SMILES string of the molecule is COc1ccc(S(=O)(=O)N(CC(C)C)C[C@@H](O)[C@H](Cc2ccccc2)NC(=O)/C=C/C(C)=O)cc1. The van der Waals surface area contributed by atoms with Crippen LogP contribution in [-0.4, -0.2) is 61.9 Å². The second kappa shape index (κ2) is 13.2. The fourth-order valence-electron chi connectivity index (χ4n) is 3.49. The van der Waals surface area contributed by atoms with Crippen molar-refractivity contribution < 1.29 is 27.9 Å². The number of amides is 1. The molecular weight excluding hydrogens is 468 g/mol. The lowest BCUT2D eigenvalue weighted by Gasteiger charge is -2.30. The summed E-state index contributed by atoms with van der Waals surface area (Å²) in [6, 6.07) is 14.5. The summed E-state index contributed by atoms with van der Waals surface area (Å²) in [5.41, 5.74) is 0.862. The molecule has 0 aromatic heterocycles. The molecule has 0 fully saturated rings. The minimum absolute atomic E-state index is 0.00381. The normalized spacial score (nSPS) is 13.7. The van der Waals surface area contributed by atoms with E-state index >= 15 is 0 Å². The fourth-order valence-corrected chi connectivity index (χ4v) is 5.11. The molecule has 0 aliphatic carbocycles. The van der Waals surface area contributed by atoms with Crippen molar-refractivity contribution in [3.05, 3.63) is 72.3 Å². The number of ketones is 1. The molecule has 0 radical (unpaired) electrons. The Morgan fingerprint density at radius 1 is 1.03 bits per heavy atom. The van der Waals surface area contributed by atoms with Gasteiger partial charge in [0.05, 0.1) is 24.2 Å². The number of nitrogens with one attached hydrogen (secondary N) is 1. The van der Waals surface area contributed by atoms with E-state index < -0.39 is 28.1 Å². The molecule has 0 bridgehead atoms. The average Bonchev–Trinajstić information content (AvgIpc) is 2.82. The smallest absolute Gasteiger partial charge is 0.244 e. The minimum atomic E-state index is -3.93. The zero-order valence-corrected chi connectivity index (χ0v) is 21.4. The van der Waals surface area contributed by atoms with Crippen molar-refractivity contribution in [3.8, 4) is 5.75 Å². The summed E-state index contributed by atoms with van der Waals surface area (Å²) < 4.78 is 33.2. The van der Waals surface area contributed by atoms with Gasteiger partial charge in [-0.25, -0.2) is 8.42 Å². The molecule has 2 aromatic rings. The molecule has 2 rings (SSSR count). The Kier molecular flexibility index (Phi) is 10.6. The topological polar surface area (TPSA) is 113 Å². The van der Waals surface area contributed by atoms with E-state index in [2.05, 4.69) is 5.32 Å². The van der Waals surface area contributed by atoms with Crippen molar-refractivity contribution in [1.82, 2.24) is 9.62 Å². The van der Waals surface area contributed by atoms with Gasteiger partial charge in [0.2, 0.25) is 15.9 Å². The van der Waals surface area contributed by atoms with Crippen molar-refractivity contribution in [3.63, 3.8) is 0 Å². The number of nitrogens with zero attached hydrogens (tertiary/aromatic N) is 1. The third kappa shape index (κ3) is 8.93. The Bertz CT molecular complexity index is 1100. The third-order valence-corrected chi connectivity index (χ3v) is 7.06. The van der Waals surface area contributed by atoms with Crippen LogP contribution in [0.15, 0.2) is 71.6 Å². The molecule has 0 heterocycles. The number of methoxy groups -OCH3 is 1. The summed E-state index contributed by atoms with van der Waals surface area (Å²) >= 11 is 0. The van der Waals surface area contributed by atoms with Gasteiger partial charge in [0.15, 0.2) is 5.78 Å². The van der Waals surface area contributed by atoms with Crippen LogP contribution in [0.5, 0.6) is 5.75 Å². The summed E-state index contributed by atoms with van der Waals surface area (Å²) in [5.74, 6) is -0.304. The summed E-state index contributed by atoms with van der Waals surface area (Å²) in [5, 5.41) is 13.9. The van der Waals surface area contributed by atoms with E-state index in [1.165, 1.54) is 30.5 Å². The number of sulfonamides is 1. The summed E-state index contributed by atoms with van der Waals surface area (Å²) in [7, 11) is -2.43. The van der Waals surface area contributed by atoms with E-state index in [9.17, 15) is 23.1 Å². The minimum Gasteiger partial charge on any atom is -0.497 e. The number of carbonyl (C=O) groups excluding carboxylic acids is 2. The molecule has 2 atom stereocenters. The first-order valence-corrected chi connectivity index (χ1v) is 12.8. The van der Waals surface area contributed by atoms with E-state index in [-0.39, 0.29) is 36.1 Å². The van der Waals surface area contributed by atoms with E-state index in [0.717, 1.165) is 17.7 Å². The standard InChI is InChI=1S/C26H34N2O6S/c1-19(2)17-28(35(32,33)23-13-11-22(34-4)12-14-23)18-25(30)24(16-21-8-6-5-7-9-21)27-26(31)15-10-20(3)29/h5-15,19,24-25,30H,16-18H2,1-4H3,(H,27,31)/b15-10+/t24-,25+/m0/s1. The van der Waals surface area contributed by atoms with Crippen LogP contribution in [-0.2, 0) is 26.0 Å². The molecule has 9 heteroatoms. The predicted molar refractivity (Wildman–Crippen MR) is 134 cm³/mol. The van der Waals surface area contributed by atoms with Gasteiger partial charge in [0.25, 0.3) is 0 Å². The molecule has 2 aromatic carbocycles. The molecule has 0 aliphatic rings. The zero-order chi connectivity index (χ0) is 26.0. The molecule has 35 heavy (non-hydrogen) atoms. The Morgan fingerprint density at radius 3 is 2.20 bits per heavy atom. The maximum atomic E-state index is 13.4. The average molecular weight is 503 g/mol. The molecule has 2 N–H and O–H groups in total. The first-order chi connectivity index (χ1) is 16.5. The Hall–Kier alpha value is -3.01. The van der Waals surface area contributed by atoms with Gasteiger partial charge in [-0.15, -0.1) is 0 Å². The molecular formula is C26H34N2O6S. The number of hydrogen-bond acceptors (Lipinski definition) is 6. The zero-order valence-electron chi connectivity index (χ0n) is 20.5. The highest BCUT2D eigenvalue weighted by Crippen LogP contribution is 2.21. The van der Waals surface area contributed by atoms with Gasteiger partial charge < -0.3 is 15.2 Å².